The van der Waals surface area contributed by atoms with E-state index in [9.17, 15) is 18.5 Å². The first-order valence-electron chi connectivity index (χ1n) is 9.55. The Kier molecular flexibility index (Phi) is 6.70. The van der Waals surface area contributed by atoms with Crippen molar-refractivity contribution in [3.63, 3.8) is 0 Å². The van der Waals surface area contributed by atoms with Crippen LogP contribution in [0.15, 0.2) is 59.5 Å². The number of benzene rings is 3. The molecule has 0 aliphatic rings. The Morgan fingerprint density at radius 1 is 1.06 bits per heavy atom. The fourth-order valence-electron chi connectivity index (χ4n) is 3.19. The average molecular weight is 491 g/mol. The Morgan fingerprint density at radius 2 is 1.69 bits per heavy atom. The Bertz CT molecular complexity index is 1320. The van der Waals surface area contributed by atoms with Crippen LogP contribution in [0.5, 0.6) is 0 Å². The SMILES string of the molecule is CC(C)(C)OC(=O)CN(c1c(C#N)ccc2ccccc12)S(=O)(=O)c1cc(Cl)cc(Cl)c1. The van der Waals surface area contributed by atoms with Crippen LogP contribution in [0.1, 0.15) is 26.3 Å². The van der Waals surface area contributed by atoms with Gasteiger partial charge in [0.15, 0.2) is 0 Å². The number of rotatable bonds is 5. The van der Waals surface area contributed by atoms with Crippen molar-refractivity contribution in [3.05, 3.63) is 70.2 Å². The van der Waals surface area contributed by atoms with Gasteiger partial charge in [0, 0.05) is 15.4 Å². The van der Waals surface area contributed by atoms with Crippen molar-refractivity contribution >= 4 is 55.7 Å². The molecule has 9 heteroatoms. The van der Waals surface area contributed by atoms with E-state index in [4.69, 9.17) is 27.9 Å². The number of esters is 1. The highest BCUT2D eigenvalue weighted by atomic mass is 35.5. The van der Waals surface area contributed by atoms with Crippen molar-refractivity contribution in [2.24, 2.45) is 0 Å². The molecule has 0 amide bonds. The lowest BCUT2D eigenvalue weighted by Crippen LogP contribution is -2.39. The molecule has 0 unspecified atom stereocenters. The monoisotopic (exact) mass is 490 g/mol. The van der Waals surface area contributed by atoms with Crippen LogP contribution in [0.2, 0.25) is 10.0 Å². The normalized spacial score (nSPS) is 11.8. The average Bonchev–Trinajstić information content (AvgIpc) is 2.69. The van der Waals surface area contributed by atoms with E-state index >= 15 is 0 Å². The predicted octanol–water partition coefficient (Wildman–Crippen LogP) is 5.56. The van der Waals surface area contributed by atoms with Gasteiger partial charge < -0.3 is 4.74 Å². The Morgan fingerprint density at radius 3 is 2.28 bits per heavy atom. The summed E-state index contributed by atoms with van der Waals surface area (Å²) in [6.07, 6.45) is 0. The van der Waals surface area contributed by atoms with Gasteiger partial charge in [0.2, 0.25) is 0 Å². The van der Waals surface area contributed by atoms with Crippen LogP contribution in [0.4, 0.5) is 5.69 Å². The van der Waals surface area contributed by atoms with Crippen LogP contribution in [-0.4, -0.2) is 26.5 Å². The second-order valence-electron chi connectivity index (χ2n) is 8.00. The van der Waals surface area contributed by atoms with E-state index in [-0.39, 0.29) is 26.2 Å². The number of halogens is 2. The molecule has 3 aromatic carbocycles. The second kappa shape index (κ2) is 8.99. The van der Waals surface area contributed by atoms with Crippen molar-refractivity contribution in [1.29, 1.82) is 5.26 Å². The molecule has 3 rings (SSSR count). The van der Waals surface area contributed by atoms with Gasteiger partial charge in [-0.1, -0.05) is 53.5 Å². The van der Waals surface area contributed by atoms with E-state index in [1.54, 1.807) is 51.1 Å². The Balaban J connectivity index is 2.29. The minimum atomic E-state index is -4.36. The van der Waals surface area contributed by atoms with Crippen LogP contribution in [-0.2, 0) is 19.6 Å². The minimum absolute atomic E-state index is 0.0764. The number of anilines is 1. The fraction of sp³-hybridized carbons (Fsp3) is 0.217. The highest BCUT2D eigenvalue weighted by Crippen LogP contribution is 2.35. The molecule has 32 heavy (non-hydrogen) atoms. The van der Waals surface area contributed by atoms with Gasteiger partial charge in [0.1, 0.15) is 18.2 Å². The summed E-state index contributed by atoms with van der Waals surface area (Å²) in [5, 5.41) is 11.2. The maximum absolute atomic E-state index is 13.7. The first-order valence-corrected chi connectivity index (χ1v) is 11.7. The predicted molar refractivity (Wildman–Crippen MR) is 126 cm³/mol. The van der Waals surface area contributed by atoms with Gasteiger partial charge in [-0.2, -0.15) is 5.26 Å². The molecule has 0 aromatic heterocycles. The highest BCUT2D eigenvalue weighted by molar-refractivity contribution is 7.93. The first-order chi connectivity index (χ1) is 14.9. The zero-order valence-electron chi connectivity index (χ0n) is 17.6. The summed E-state index contributed by atoms with van der Waals surface area (Å²) in [5.41, 5.74) is -0.667. The maximum atomic E-state index is 13.7. The van der Waals surface area contributed by atoms with E-state index in [1.807, 2.05) is 6.07 Å². The van der Waals surface area contributed by atoms with Crippen LogP contribution >= 0.6 is 23.2 Å². The summed E-state index contributed by atoms with van der Waals surface area (Å²) in [6.45, 7) is 4.39. The van der Waals surface area contributed by atoms with Gasteiger partial charge in [-0.3, -0.25) is 9.10 Å². The van der Waals surface area contributed by atoms with Crippen LogP contribution < -0.4 is 4.31 Å². The van der Waals surface area contributed by atoms with Crippen LogP contribution in [0, 0.1) is 11.3 Å². The molecule has 3 aromatic rings. The quantitative estimate of drug-likeness (QED) is 0.437. The number of fused-ring (bicyclic) bond motifs is 1. The Hall–Kier alpha value is -2.79. The van der Waals surface area contributed by atoms with E-state index in [2.05, 4.69) is 0 Å². The third kappa shape index (κ3) is 5.16. The summed E-state index contributed by atoms with van der Waals surface area (Å²) < 4.78 is 33.7. The van der Waals surface area contributed by atoms with Crippen LogP contribution in [0.25, 0.3) is 10.8 Å². The number of nitriles is 1. The van der Waals surface area contributed by atoms with Crippen molar-refractivity contribution in [1.82, 2.24) is 0 Å². The maximum Gasteiger partial charge on any atom is 0.327 e. The molecule has 0 saturated heterocycles. The molecule has 0 heterocycles. The molecule has 0 fully saturated rings. The highest BCUT2D eigenvalue weighted by Gasteiger charge is 2.32. The molecule has 0 saturated carbocycles. The van der Waals surface area contributed by atoms with Crippen LogP contribution in [0.3, 0.4) is 0 Å². The van der Waals surface area contributed by atoms with Gasteiger partial charge in [0.05, 0.1) is 16.1 Å². The summed E-state index contributed by atoms with van der Waals surface area (Å²) in [6, 6.07) is 16.1. The summed E-state index contributed by atoms with van der Waals surface area (Å²) in [7, 11) is -4.36. The van der Waals surface area contributed by atoms with Crippen molar-refractivity contribution in [2.45, 2.75) is 31.3 Å². The van der Waals surface area contributed by atoms with Crippen molar-refractivity contribution in [2.75, 3.05) is 10.8 Å². The van der Waals surface area contributed by atoms with E-state index < -0.39 is 28.1 Å². The van der Waals surface area contributed by atoms with Gasteiger partial charge in [-0.25, -0.2) is 8.42 Å². The number of hydrogen-bond acceptors (Lipinski definition) is 5. The molecule has 0 aliphatic carbocycles. The number of sulfonamides is 1. The lowest BCUT2D eigenvalue weighted by Gasteiger charge is -2.28. The van der Waals surface area contributed by atoms with Gasteiger partial charge in [-0.05, 0) is 50.4 Å². The number of ether oxygens (including phenoxy) is 1. The zero-order chi connectivity index (χ0) is 23.7. The lowest BCUT2D eigenvalue weighted by molar-refractivity contribution is -0.152. The Labute approximate surface area is 197 Å². The van der Waals surface area contributed by atoms with Crippen molar-refractivity contribution < 1.29 is 17.9 Å². The lowest BCUT2D eigenvalue weighted by atomic mass is 10.0. The zero-order valence-corrected chi connectivity index (χ0v) is 19.9. The molecule has 0 aliphatic heterocycles. The summed E-state index contributed by atoms with van der Waals surface area (Å²) in [5.74, 6) is -0.772. The molecular weight excluding hydrogens is 471 g/mol. The molecule has 0 N–H and O–H groups in total. The largest absolute Gasteiger partial charge is 0.459 e. The number of hydrogen-bond donors (Lipinski definition) is 0. The number of nitrogens with zero attached hydrogens (tertiary/aromatic N) is 2. The number of carbonyl (C=O) groups is 1. The third-order valence-corrected chi connectivity index (χ3v) is 6.55. The van der Waals surface area contributed by atoms with E-state index in [0.29, 0.717) is 10.8 Å². The second-order valence-corrected chi connectivity index (χ2v) is 10.7. The van der Waals surface area contributed by atoms with Crippen molar-refractivity contribution in [3.8, 4) is 6.07 Å². The molecule has 166 valence electrons. The van der Waals surface area contributed by atoms with E-state index in [0.717, 1.165) is 4.31 Å². The van der Waals surface area contributed by atoms with Gasteiger partial charge in [-0.15, -0.1) is 0 Å². The summed E-state index contributed by atoms with van der Waals surface area (Å²) in [4.78, 5) is 12.5. The fourth-order valence-corrected chi connectivity index (χ4v) is 5.37. The standard InChI is InChI=1S/C23H20Cl2N2O4S/c1-23(2,3)31-21(28)14-27(32(29,30)19-11-17(24)10-18(25)12-19)22-16(13-26)9-8-15-6-4-5-7-20(15)22/h4-12H,14H2,1-3H3. The summed E-state index contributed by atoms with van der Waals surface area (Å²) >= 11 is 12.1. The molecule has 0 bridgehead atoms. The smallest absolute Gasteiger partial charge is 0.327 e. The molecule has 0 atom stereocenters. The van der Waals surface area contributed by atoms with E-state index in [1.165, 1.54) is 24.3 Å². The van der Waals surface area contributed by atoms with Gasteiger partial charge in [0.25, 0.3) is 10.0 Å². The number of carbonyl (C=O) groups excluding carboxylic acids is 1. The third-order valence-electron chi connectivity index (χ3n) is 4.39. The molecular formula is C23H20Cl2N2O4S. The molecule has 0 spiro atoms. The first kappa shape index (κ1) is 23.9. The molecule has 0 radical (unpaired) electrons. The topological polar surface area (TPSA) is 87.5 Å². The van der Waals surface area contributed by atoms with Gasteiger partial charge >= 0.3 is 5.97 Å². The minimum Gasteiger partial charge on any atom is -0.459 e. The molecule has 6 nitrogen and oxygen atoms in total.